The summed E-state index contributed by atoms with van der Waals surface area (Å²) in [5.74, 6) is -2.69. The van der Waals surface area contributed by atoms with Crippen LogP contribution in [0.2, 0.25) is 0 Å². The van der Waals surface area contributed by atoms with Gasteiger partial charge >= 0.3 is 5.97 Å². The first kappa shape index (κ1) is 19.1. The van der Waals surface area contributed by atoms with Crippen LogP contribution in [-0.4, -0.2) is 35.0 Å². The minimum absolute atomic E-state index is 0.0943. The Morgan fingerprint density at radius 1 is 1.00 bits per heavy atom. The molecular weight excluding hydrogens is 339 g/mol. The van der Waals surface area contributed by atoms with Gasteiger partial charge in [-0.3, -0.25) is 14.4 Å². The predicted molar refractivity (Wildman–Crippen MR) is 93.0 cm³/mol. The molecule has 26 heavy (non-hydrogen) atoms. The SMILES string of the molecule is C[C@@H](NC(=O)[C@@H](Cc1ccc(F)cc1)NC(=O)c1ccccc1)C(=O)O. The van der Waals surface area contributed by atoms with E-state index < -0.39 is 35.7 Å². The smallest absolute Gasteiger partial charge is 0.325 e. The Hall–Kier alpha value is -3.22. The average molecular weight is 358 g/mol. The molecule has 0 aliphatic carbocycles. The summed E-state index contributed by atoms with van der Waals surface area (Å²) in [7, 11) is 0. The summed E-state index contributed by atoms with van der Waals surface area (Å²) < 4.78 is 13.1. The molecule has 0 radical (unpaired) electrons. The third-order valence-electron chi connectivity index (χ3n) is 3.74. The summed E-state index contributed by atoms with van der Waals surface area (Å²) in [6, 6.07) is 11.7. The third-order valence-corrected chi connectivity index (χ3v) is 3.74. The van der Waals surface area contributed by atoms with Gasteiger partial charge in [-0.2, -0.15) is 0 Å². The number of halogens is 1. The van der Waals surface area contributed by atoms with Gasteiger partial charge in [0.2, 0.25) is 5.91 Å². The molecule has 136 valence electrons. The maximum absolute atomic E-state index is 13.1. The minimum atomic E-state index is -1.19. The van der Waals surface area contributed by atoms with Crippen molar-refractivity contribution in [2.75, 3.05) is 0 Å². The van der Waals surface area contributed by atoms with Crippen molar-refractivity contribution in [2.45, 2.75) is 25.4 Å². The monoisotopic (exact) mass is 358 g/mol. The van der Waals surface area contributed by atoms with Gasteiger partial charge in [-0.05, 0) is 36.8 Å². The molecule has 0 fully saturated rings. The topological polar surface area (TPSA) is 95.5 Å². The molecule has 0 aliphatic heterocycles. The van der Waals surface area contributed by atoms with Gasteiger partial charge in [0.1, 0.15) is 17.9 Å². The maximum Gasteiger partial charge on any atom is 0.325 e. The quantitative estimate of drug-likeness (QED) is 0.703. The van der Waals surface area contributed by atoms with Crippen molar-refractivity contribution in [1.82, 2.24) is 10.6 Å². The van der Waals surface area contributed by atoms with Gasteiger partial charge in [-0.1, -0.05) is 30.3 Å². The van der Waals surface area contributed by atoms with Crippen molar-refractivity contribution in [3.05, 3.63) is 71.5 Å². The second-order valence-electron chi connectivity index (χ2n) is 5.79. The summed E-state index contributed by atoms with van der Waals surface area (Å²) >= 11 is 0. The average Bonchev–Trinajstić information content (AvgIpc) is 2.63. The molecule has 0 unspecified atom stereocenters. The van der Waals surface area contributed by atoms with Gasteiger partial charge in [0, 0.05) is 12.0 Å². The summed E-state index contributed by atoms with van der Waals surface area (Å²) in [6.45, 7) is 1.33. The van der Waals surface area contributed by atoms with Gasteiger partial charge < -0.3 is 15.7 Å². The lowest BCUT2D eigenvalue weighted by molar-refractivity contribution is -0.141. The number of aliphatic carboxylic acids is 1. The highest BCUT2D eigenvalue weighted by molar-refractivity contribution is 5.98. The number of hydrogen-bond donors (Lipinski definition) is 3. The molecule has 0 heterocycles. The van der Waals surface area contributed by atoms with E-state index >= 15 is 0 Å². The second kappa shape index (κ2) is 8.75. The first-order valence-electron chi connectivity index (χ1n) is 8.00. The number of carboxylic acid groups (broad SMARTS) is 1. The molecule has 6 nitrogen and oxygen atoms in total. The Morgan fingerprint density at radius 3 is 2.19 bits per heavy atom. The van der Waals surface area contributed by atoms with Crippen molar-refractivity contribution >= 4 is 17.8 Å². The molecule has 2 aromatic carbocycles. The predicted octanol–water partition coefficient (Wildman–Crippen LogP) is 1.76. The molecule has 0 bridgehead atoms. The highest BCUT2D eigenvalue weighted by Gasteiger charge is 2.25. The molecule has 7 heteroatoms. The van der Waals surface area contributed by atoms with Crippen LogP contribution in [-0.2, 0) is 16.0 Å². The van der Waals surface area contributed by atoms with Crippen LogP contribution in [0.25, 0.3) is 0 Å². The molecule has 0 spiro atoms. The van der Waals surface area contributed by atoms with E-state index in [4.69, 9.17) is 5.11 Å². The van der Waals surface area contributed by atoms with Crippen molar-refractivity contribution in [3.63, 3.8) is 0 Å². The number of carbonyl (C=O) groups is 3. The van der Waals surface area contributed by atoms with E-state index in [1.54, 1.807) is 30.3 Å². The van der Waals surface area contributed by atoms with E-state index in [-0.39, 0.29) is 6.42 Å². The molecular formula is C19H19FN2O4. The fourth-order valence-corrected chi connectivity index (χ4v) is 2.27. The van der Waals surface area contributed by atoms with E-state index in [0.717, 1.165) is 0 Å². The van der Waals surface area contributed by atoms with Crippen molar-refractivity contribution in [2.24, 2.45) is 0 Å². The van der Waals surface area contributed by atoms with E-state index in [9.17, 15) is 18.8 Å². The van der Waals surface area contributed by atoms with Crippen molar-refractivity contribution in [1.29, 1.82) is 0 Å². The summed E-state index contributed by atoms with van der Waals surface area (Å²) in [5, 5.41) is 13.9. The Labute approximate surface area is 150 Å². The summed E-state index contributed by atoms with van der Waals surface area (Å²) in [4.78, 5) is 35.7. The molecule has 0 saturated carbocycles. The van der Waals surface area contributed by atoms with Gasteiger partial charge in [0.05, 0.1) is 0 Å². The van der Waals surface area contributed by atoms with Crippen LogP contribution in [0.15, 0.2) is 54.6 Å². The van der Waals surface area contributed by atoms with Crippen molar-refractivity contribution < 1.29 is 23.9 Å². The van der Waals surface area contributed by atoms with Crippen molar-refractivity contribution in [3.8, 4) is 0 Å². The Kier molecular flexibility index (Phi) is 6.43. The van der Waals surface area contributed by atoms with Crippen LogP contribution < -0.4 is 10.6 Å². The number of carbonyl (C=O) groups excluding carboxylic acids is 2. The first-order valence-corrected chi connectivity index (χ1v) is 8.00. The van der Waals surface area contributed by atoms with Gasteiger partial charge in [-0.25, -0.2) is 4.39 Å². The Morgan fingerprint density at radius 2 is 1.62 bits per heavy atom. The van der Waals surface area contributed by atoms with E-state index in [0.29, 0.717) is 11.1 Å². The fraction of sp³-hybridized carbons (Fsp3) is 0.211. The minimum Gasteiger partial charge on any atom is -0.480 e. The molecule has 2 atom stereocenters. The maximum atomic E-state index is 13.1. The highest BCUT2D eigenvalue weighted by atomic mass is 19.1. The lowest BCUT2D eigenvalue weighted by Gasteiger charge is -2.20. The molecule has 2 rings (SSSR count). The van der Waals surface area contributed by atoms with E-state index in [1.807, 2.05) is 0 Å². The lowest BCUT2D eigenvalue weighted by atomic mass is 10.0. The second-order valence-corrected chi connectivity index (χ2v) is 5.79. The first-order chi connectivity index (χ1) is 12.4. The Bertz CT molecular complexity index is 778. The summed E-state index contributed by atoms with van der Waals surface area (Å²) in [6.07, 6.45) is 0.0943. The standard InChI is InChI=1S/C19H19FN2O4/c1-12(19(25)26)21-18(24)16(11-13-7-9-15(20)10-8-13)22-17(23)14-5-3-2-4-6-14/h2-10,12,16H,11H2,1H3,(H,21,24)(H,22,23)(H,25,26)/t12-,16-/m1/s1. The van der Waals surface area contributed by atoms with Crippen LogP contribution in [0.1, 0.15) is 22.8 Å². The van der Waals surface area contributed by atoms with Crippen LogP contribution >= 0.6 is 0 Å². The third kappa shape index (κ3) is 5.41. The number of benzene rings is 2. The van der Waals surface area contributed by atoms with E-state index in [2.05, 4.69) is 10.6 Å². The number of hydrogen-bond acceptors (Lipinski definition) is 3. The lowest BCUT2D eigenvalue weighted by Crippen LogP contribution is -2.51. The van der Waals surface area contributed by atoms with E-state index in [1.165, 1.54) is 31.2 Å². The zero-order valence-electron chi connectivity index (χ0n) is 14.1. The van der Waals surface area contributed by atoms with Gasteiger partial charge in [-0.15, -0.1) is 0 Å². The van der Waals surface area contributed by atoms with Crippen LogP contribution in [0.3, 0.4) is 0 Å². The zero-order chi connectivity index (χ0) is 19.1. The molecule has 2 amide bonds. The molecule has 0 saturated heterocycles. The molecule has 0 aliphatic rings. The number of rotatable bonds is 7. The van der Waals surface area contributed by atoms with Crippen LogP contribution in [0, 0.1) is 5.82 Å². The largest absolute Gasteiger partial charge is 0.480 e. The summed E-state index contributed by atoms with van der Waals surface area (Å²) in [5.41, 5.74) is 0.999. The normalized spacial score (nSPS) is 12.7. The number of carboxylic acids is 1. The van der Waals surface area contributed by atoms with Crippen LogP contribution in [0.4, 0.5) is 4.39 Å². The molecule has 3 N–H and O–H groups in total. The Balaban J connectivity index is 2.17. The zero-order valence-corrected chi connectivity index (χ0v) is 14.1. The highest BCUT2D eigenvalue weighted by Crippen LogP contribution is 2.08. The number of nitrogens with one attached hydrogen (secondary N) is 2. The molecule has 0 aromatic heterocycles. The number of amides is 2. The molecule has 2 aromatic rings. The van der Waals surface area contributed by atoms with Gasteiger partial charge in [0.25, 0.3) is 5.91 Å². The fourth-order valence-electron chi connectivity index (χ4n) is 2.27. The van der Waals surface area contributed by atoms with Crippen LogP contribution in [0.5, 0.6) is 0 Å². The van der Waals surface area contributed by atoms with Gasteiger partial charge in [0.15, 0.2) is 0 Å².